The van der Waals surface area contributed by atoms with Crippen LogP contribution in [0, 0.1) is 6.92 Å². The lowest BCUT2D eigenvalue weighted by Crippen LogP contribution is -2.28. The second-order valence-electron chi connectivity index (χ2n) is 5.70. The number of aryl methyl sites for hydroxylation is 1. The average molecular weight is 307 g/mol. The second kappa shape index (κ2) is 5.72. The number of nitrogens with zero attached hydrogens (tertiary/aromatic N) is 1. The highest BCUT2D eigenvalue weighted by Gasteiger charge is 2.23. The Hall–Kier alpha value is -2.88. The van der Waals surface area contributed by atoms with Crippen molar-refractivity contribution >= 4 is 16.9 Å². The van der Waals surface area contributed by atoms with E-state index in [0.29, 0.717) is 22.3 Å². The summed E-state index contributed by atoms with van der Waals surface area (Å²) < 4.78 is 5.94. The summed E-state index contributed by atoms with van der Waals surface area (Å²) in [7, 11) is 3.24. The Labute approximate surface area is 134 Å². The summed E-state index contributed by atoms with van der Waals surface area (Å²) >= 11 is 0. The van der Waals surface area contributed by atoms with Crippen LogP contribution in [-0.4, -0.2) is 24.9 Å². The lowest BCUT2D eigenvalue weighted by molar-refractivity contribution is 0.0825. The van der Waals surface area contributed by atoms with Crippen molar-refractivity contribution in [1.82, 2.24) is 4.90 Å². The third-order valence-electron chi connectivity index (χ3n) is 3.70. The maximum atomic E-state index is 12.9. The number of hydrogen-bond donors (Lipinski definition) is 0. The van der Waals surface area contributed by atoms with Crippen LogP contribution < -0.4 is 5.43 Å². The number of benzene rings is 2. The topological polar surface area (TPSA) is 50.5 Å². The minimum absolute atomic E-state index is 0.0688. The summed E-state index contributed by atoms with van der Waals surface area (Å²) in [6.07, 6.45) is 0. The molecule has 0 saturated heterocycles. The van der Waals surface area contributed by atoms with E-state index in [-0.39, 0.29) is 16.9 Å². The molecule has 4 heteroatoms. The highest BCUT2D eigenvalue weighted by atomic mass is 16.3. The van der Waals surface area contributed by atoms with Crippen LogP contribution in [0.5, 0.6) is 0 Å². The van der Waals surface area contributed by atoms with Gasteiger partial charge < -0.3 is 9.32 Å². The fourth-order valence-corrected chi connectivity index (χ4v) is 2.52. The van der Waals surface area contributed by atoms with Gasteiger partial charge in [0, 0.05) is 19.7 Å². The average Bonchev–Trinajstić information content (AvgIpc) is 2.55. The molecule has 116 valence electrons. The highest BCUT2D eigenvalue weighted by Crippen LogP contribution is 2.26. The van der Waals surface area contributed by atoms with E-state index in [0.717, 1.165) is 5.56 Å². The molecule has 0 fully saturated rings. The Morgan fingerprint density at radius 2 is 1.74 bits per heavy atom. The van der Waals surface area contributed by atoms with Gasteiger partial charge in [-0.15, -0.1) is 0 Å². The standard InChI is InChI=1S/C19H17NO3/c1-12-9-10-15-14(11-12)17(21)16(19(22)20(2)3)18(23-15)13-7-5-4-6-8-13/h4-11H,1-3H3. The zero-order valence-corrected chi connectivity index (χ0v) is 13.3. The van der Waals surface area contributed by atoms with Crippen molar-refractivity contribution in [3.8, 4) is 11.3 Å². The summed E-state index contributed by atoms with van der Waals surface area (Å²) in [5.41, 5.74) is 1.90. The van der Waals surface area contributed by atoms with E-state index >= 15 is 0 Å². The molecule has 3 aromatic rings. The molecule has 2 aromatic carbocycles. The smallest absolute Gasteiger partial charge is 0.261 e. The first-order valence-electron chi connectivity index (χ1n) is 7.33. The Kier molecular flexibility index (Phi) is 3.74. The van der Waals surface area contributed by atoms with E-state index in [1.807, 2.05) is 43.3 Å². The molecule has 0 unspecified atom stereocenters. The van der Waals surface area contributed by atoms with Crippen LogP contribution in [0.4, 0.5) is 0 Å². The highest BCUT2D eigenvalue weighted by molar-refractivity contribution is 6.02. The largest absolute Gasteiger partial charge is 0.455 e. The molecule has 3 rings (SSSR count). The summed E-state index contributed by atoms with van der Waals surface area (Å²) in [6, 6.07) is 14.6. The maximum absolute atomic E-state index is 12.9. The van der Waals surface area contributed by atoms with Crippen molar-refractivity contribution in [2.75, 3.05) is 14.1 Å². The van der Waals surface area contributed by atoms with Crippen LogP contribution in [0.1, 0.15) is 15.9 Å². The Morgan fingerprint density at radius 1 is 1.04 bits per heavy atom. The molecule has 23 heavy (non-hydrogen) atoms. The number of hydrogen-bond acceptors (Lipinski definition) is 3. The van der Waals surface area contributed by atoms with Gasteiger partial charge in [0.25, 0.3) is 5.91 Å². The van der Waals surface area contributed by atoms with Crippen molar-refractivity contribution in [1.29, 1.82) is 0 Å². The van der Waals surface area contributed by atoms with Gasteiger partial charge in [-0.25, -0.2) is 0 Å². The minimum Gasteiger partial charge on any atom is -0.455 e. The number of fused-ring (bicyclic) bond motifs is 1. The lowest BCUT2D eigenvalue weighted by Gasteiger charge is -2.14. The summed E-state index contributed by atoms with van der Waals surface area (Å²) in [4.78, 5) is 26.9. The molecule has 1 amide bonds. The molecule has 1 heterocycles. The van der Waals surface area contributed by atoms with Gasteiger partial charge in [0.05, 0.1) is 5.39 Å². The first-order valence-corrected chi connectivity index (χ1v) is 7.33. The Morgan fingerprint density at radius 3 is 2.39 bits per heavy atom. The number of amides is 1. The fourth-order valence-electron chi connectivity index (χ4n) is 2.52. The van der Waals surface area contributed by atoms with Gasteiger partial charge in [-0.1, -0.05) is 42.0 Å². The predicted molar refractivity (Wildman–Crippen MR) is 90.7 cm³/mol. The monoisotopic (exact) mass is 307 g/mol. The zero-order chi connectivity index (χ0) is 16.6. The van der Waals surface area contributed by atoms with E-state index < -0.39 is 0 Å². The van der Waals surface area contributed by atoms with Crippen molar-refractivity contribution in [3.05, 3.63) is 69.9 Å². The number of carbonyl (C=O) groups is 1. The molecule has 0 aliphatic heterocycles. The van der Waals surface area contributed by atoms with Crippen LogP contribution in [0.15, 0.2) is 57.7 Å². The fraction of sp³-hybridized carbons (Fsp3) is 0.158. The van der Waals surface area contributed by atoms with Crippen LogP contribution >= 0.6 is 0 Å². The van der Waals surface area contributed by atoms with E-state index in [4.69, 9.17) is 4.42 Å². The molecule has 0 bridgehead atoms. The number of carbonyl (C=O) groups excluding carboxylic acids is 1. The molecule has 0 spiro atoms. The zero-order valence-electron chi connectivity index (χ0n) is 13.3. The molecule has 0 N–H and O–H groups in total. The molecule has 1 aromatic heterocycles. The van der Waals surface area contributed by atoms with Crippen LogP contribution in [0.25, 0.3) is 22.3 Å². The quantitative estimate of drug-likeness (QED) is 0.728. The second-order valence-corrected chi connectivity index (χ2v) is 5.70. The number of rotatable bonds is 2. The molecule has 0 saturated carbocycles. The third kappa shape index (κ3) is 2.63. The Balaban J connectivity index is 2.42. The molecular formula is C19H17NO3. The van der Waals surface area contributed by atoms with E-state index in [1.54, 1.807) is 26.2 Å². The van der Waals surface area contributed by atoms with Crippen LogP contribution in [0.3, 0.4) is 0 Å². The first-order chi connectivity index (χ1) is 11.0. The van der Waals surface area contributed by atoms with E-state index in [1.165, 1.54) is 4.90 Å². The molecule has 4 nitrogen and oxygen atoms in total. The van der Waals surface area contributed by atoms with Crippen LogP contribution in [0.2, 0.25) is 0 Å². The summed E-state index contributed by atoms with van der Waals surface area (Å²) in [5.74, 6) is -0.0494. The summed E-state index contributed by atoms with van der Waals surface area (Å²) in [5, 5.41) is 0.426. The van der Waals surface area contributed by atoms with Gasteiger partial charge in [0.15, 0.2) is 5.76 Å². The predicted octanol–water partition coefficient (Wildman–Crippen LogP) is 3.47. The van der Waals surface area contributed by atoms with Crippen molar-refractivity contribution in [3.63, 3.8) is 0 Å². The SMILES string of the molecule is Cc1ccc2oc(-c3ccccc3)c(C(=O)N(C)C)c(=O)c2c1. The van der Waals surface area contributed by atoms with Gasteiger partial charge in [0.1, 0.15) is 11.1 Å². The van der Waals surface area contributed by atoms with Crippen molar-refractivity contribution in [2.24, 2.45) is 0 Å². The molecule has 0 aliphatic rings. The van der Waals surface area contributed by atoms with Gasteiger partial charge in [-0.3, -0.25) is 9.59 Å². The third-order valence-corrected chi connectivity index (χ3v) is 3.70. The van der Waals surface area contributed by atoms with Crippen LogP contribution in [-0.2, 0) is 0 Å². The van der Waals surface area contributed by atoms with Gasteiger partial charge >= 0.3 is 0 Å². The molecule has 0 radical (unpaired) electrons. The van der Waals surface area contributed by atoms with Gasteiger partial charge in [0.2, 0.25) is 5.43 Å². The summed E-state index contributed by atoms with van der Waals surface area (Å²) in [6.45, 7) is 1.90. The first kappa shape index (κ1) is 15.0. The Bertz CT molecular complexity index is 940. The van der Waals surface area contributed by atoms with Crippen molar-refractivity contribution in [2.45, 2.75) is 6.92 Å². The molecular weight excluding hydrogens is 290 g/mol. The van der Waals surface area contributed by atoms with Gasteiger partial charge in [-0.2, -0.15) is 0 Å². The normalized spacial score (nSPS) is 10.7. The molecule has 0 aliphatic carbocycles. The van der Waals surface area contributed by atoms with Gasteiger partial charge in [-0.05, 0) is 19.1 Å². The van der Waals surface area contributed by atoms with Crippen molar-refractivity contribution < 1.29 is 9.21 Å². The molecule has 0 atom stereocenters. The minimum atomic E-state index is -0.360. The van der Waals surface area contributed by atoms with E-state index in [2.05, 4.69) is 0 Å². The maximum Gasteiger partial charge on any atom is 0.261 e. The lowest BCUT2D eigenvalue weighted by atomic mass is 10.0. The van der Waals surface area contributed by atoms with E-state index in [9.17, 15) is 9.59 Å².